The van der Waals surface area contributed by atoms with Crippen LogP contribution in [0.2, 0.25) is 0 Å². The fraction of sp³-hybridized carbons (Fsp3) is 1.00. The average molecular weight is 285 g/mol. The van der Waals surface area contributed by atoms with Crippen LogP contribution in [0.3, 0.4) is 0 Å². The van der Waals surface area contributed by atoms with E-state index in [-0.39, 0.29) is 5.62 Å². The van der Waals surface area contributed by atoms with Gasteiger partial charge >= 0.3 is 5.51 Å². The molecule has 10 heteroatoms. The molecular formula is C6H12ClF3N2O3S. The lowest BCUT2D eigenvalue weighted by Crippen LogP contribution is -3.10. The number of rotatable bonds is 0. The third kappa shape index (κ3) is 4.83. The van der Waals surface area contributed by atoms with E-state index >= 15 is 0 Å². The molecule has 0 bridgehead atoms. The topological polar surface area (TPSA) is 64.9 Å². The summed E-state index contributed by atoms with van der Waals surface area (Å²) in [6.45, 7) is 2.30. The summed E-state index contributed by atoms with van der Waals surface area (Å²) in [6.07, 6.45) is 0. The molecule has 1 heterocycles. The summed E-state index contributed by atoms with van der Waals surface area (Å²) >= 11 is 5.90. The molecule has 0 radical (unpaired) electrons. The molecule has 0 aliphatic carbocycles. The van der Waals surface area contributed by atoms with Crippen molar-refractivity contribution in [2.24, 2.45) is 0 Å². The van der Waals surface area contributed by atoms with Crippen molar-refractivity contribution < 1.29 is 31.0 Å². The molecule has 1 saturated heterocycles. The molecule has 1 N–H and O–H groups in total. The number of hydrogen-bond donors (Lipinski definition) is 1. The summed E-state index contributed by atoms with van der Waals surface area (Å²) in [5.41, 5.74) is -5.44. The molecular weight excluding hydrogens is 273 g/mol. The Morgan fingerprint density at radius 1 is 1.50 bits per heavy atom. The predicted molar refractivity (Wildman–Crippen MR) is 49.8 cm³/mol. The van der Waals surface area contributed by atoms with Gasteiger partial charge in [0.1, 0.15) is 0 Å². The maximum Gasteiger partial charge on any atom is 0.485 e. The molecule has 0 saturated carbocycles. The van der Waals surface area contributed by atoms with Crippen molar-refractivity contribution in [3.63, 3.8) is 0 Å². The van der Waals surface area contributed by atoms with E-state index in [4.69, 9.17) is 24.6 Å². The number of quaternary nitrogens is 1. The van der Waals surface area contributed by atoms with Gasteiger partial charge in [-0.1, -0.05) is 0 Å². The monoisotopic (exact) mass is 284 g/mol. The van der Waals surface area contributed by atoms with E-state index in [1.165, 1.54) is 11.4 Å². The lowest BCUT2D eigenvalue weighted by molar-refractivity contribution is -0.883. The van der Waals surface area contributed by atoms with Crippen molar-refractivity contribution in [2.45, 2.75) is 11.1 Å². The van der Waals surface area contributed by atoms with Gasteiger partial charge in [0.25, 0.3) is 0 Å². The number of likely N-dealkylation sites (N-methyl/N-ethyl adjacent to an activating group) is 2. The first-order valence-corrected chi connectivity index (χ1v) is 6.00. The summed E-state index contributed by atoms with van der Waals surface area (Å²) in [5.74, 6) is 0. The number of hydrogen-bond acceptors (Lipinski definition) is 4. The molecule has 0 spiro atoms. The van der Waals surface area contributed by atoms with Crippen LogP contribution in [-0.4, -0.2) is 56.2 Å². The van der Waals surface area contributed by atoms with E-state index in [1.807, 2.05) is 7.05 Å². The summed E-state index contributed by atoms with van der Waals surface area (Å²) < 4.78 is 58.9. The molecule has 0 amide bonds. The number of halogens is 4. The first-order chi connectivity index (χ1) is 6.97. The minimum Gasteiger partial charge on any atom is -0.741 e. The molecule has 1 aliphatic heterocycles. The lowest BCUT2D eigenvalue weighted by atomic mass is 10.6. The van der Waals surface area contributed by atoms with Crippen molar-refractivity contribution in [3.8, 4) is 0 Å². The molecule has 1 fully saturated rings. The Morgan fingerprint density at radius 2 is 1.88 bits per heavy atom. The molecule has 2 atom stereocenters. The fourth-order valence-corrected chi connectivity index (χ4v) is 1.17. The minimum absolute atomic E-state index is 0.204. The first-order valence-electron chi connectivity index (χ1n) is 4.15. The predicted octanol–water partition coefficient (Wildman–Crippen LogP) is -0.980. The minimum atomic E-state index is -6.09. The molecule has 1 aliphatic rings. The highest BCUT2D eigenvalue weighted by molar-refractivity contribution is 7.86. The van der Waals surface area contributed by atoms with Crippen LogP contribution in [0.25, 0.3) is 0 Å². The molecule has 98 valence electrons. The van der Waals surface area contributed by atoms with E-state index in [0.717, 1.165) is 6.54 Å². The summed E-state index contributed by atoms with van der Waals surface area (Å²) in [4.78, 5) is 3.55. The van der Waals surface area contributed by atoms with Gasteiger partial charge in [-0.15, -0.1) is 0 Å². The van der Waals surface area contributed by atoms with E-state index in [0.29, 0.717) is 0 Å². The van der Waals surface area contributed by atoms with E-state index in [1.54, 1.807) is 0 Å². The zero-order valence-electron chi connectivity index (χ0n) is 8.58. The third-order valence-corrected chi connectivity index (χ3v) is 3.21. The molecule has 0 aromatic carbocycles. The Hall–Kier alpha value is -0.0900. The molecule has 2 unspecified atom stereocenters. The van der Waals surface area contributed by atoms with E-state index in [2.05, 4.69) is 11.9 Å². The second kappa shape index (κ2) is 5.50. The zero-order valence-corrected chi connectivity index (χ0v) is 10.2. The molecule has 5 nitrogen and oxygen atoms in total. The number of nitrogens with zero attached hydrogens (tertiary/aromatic N) is 1. The van der Waals surface area contributed by atoms with Crippen LogP contribution in [0.15, 0.2) is 0 Å². The number of alkyl halides is 4. The highest BCUT2D eigenvalue weighted by atomic mass is 35.5. The quantitative estimate of drug-likeness (QED) is 0.269. The molecule has 1 rings (SSSR count). The Bertz CT molecular complexity index is 311. The first kappa shape index (κ1) is 15.9. The zero-order chi connectivity index (χ0) is 13.1. The van der Waals surface area contributed by atoms with E-state index in [9.17, 15) is 13.2 Å². The van der Waals surface area contributed by atoms with Gasteiger partial charge in [-0.2, -0.15) is 13.2 Å². The maximum atomic E-state index is 10.7. The highest BCUT2D eigenvalue weighted by Gasteiger charge is 2.36. The van der Waals surface area contributed by atoms with Gasteiger partial charge in [0.05, 0.1) is 20.1 Å². The van der Waals surface area contributed by atoms with Gasteiger partial charge < -0.3 is 9.45 Å². The van der Waals surface area contributed by atoms with Crippen LogP contribution in [0, 0.1) is 0 Å². The molecule has 16 heavy (non-hydrogen) atoms. The van der Waals surface area contributed by atoms with Crippen molar-refractivity contribution >= 4 is 21.7 Å². The van der Waals surface area contributed by atoms with Crippen LogP contribution in [0.4, 0.5) is 13.2 Å². The van der Waals surface area contributed by atoms with Crippen LogP contribution in [0.5, 0.6) is 0 Å². The van der Waals surface area contributed by atoms with Gasteiger partial charge in [-0.25, -0.2) is 13.3 Å². The van der Waals surface area contributed by atoms with Gasteiger partial charge in [0.15, 0.2) is 10.1 Å². The Balaban J connectivity index is 0.000000281. The fourth-order valence-electron chi connectivity index (χ4n) is 0.961. The maximum absolute atomic E-state index is 10.7. The third-order valence-electron chi connectivity index (χ3n) is 1.94. The average Bonchev–Trinajstić information content (AvgIpc) is 2.34. The van der Waals surface area contributed by atoms with Gasteiger partial charge in [-0.05, 0) is 18.6 Å². The number of nitrogens with one attached hydrogen (secondary N) is 1. The molecule has 0 aromatic rings. The van der Waals surface area contributed by atoms with Crippen molar-refractivity contribution in [1.29, 1.82) is 0 Å². The summed E-state index contributed by atoms with van der Waals surface area (Å²) in [7, 11) is -1.93. The summed E-state index contributed by atoms with van der Waals surface area (Å²) in [5, 5.41) is 0. The lowest BCUT2D eigenvalue weighted by Gasteiger charge is -2.12. The Labute approximate surface area is 96.5 Å². The van der Waals surface area contributed by atoms with Gasteiger partial charge in [0.2, 0.25) is 5.62 Å². The SMILES string of the molecule is CN1CC[NH+](C)C1Cl.O=S(=O)([O-])C(F)(F)F. The van der Waals surface area contributed by atoms with Gasteiger partial charge in [-0.3, -0.25) is 0 Å². The van der Waals surface area contributed by atoms with Crippen LogP contribution >= 0.6 is 11.6 Å². The Kier molecular flexibility index (Phi) is 5.47. The van der Waals surface area contributed by atoms with Crippen molar-refractivity contribution in [2.75, 3.05) is 27.2 Å². The largest absolute Gasteiger partial charge is 0.741 e. The van der Waals surface area contributed by atoms with Crippen molar-refractivity contribution in [1.82, 2.24) is 4.90 Å². The second-order valence-corrected chi connectivity index (χ2v) is 5.10. The summed E-state index contributed by atoms with van der Waals surface area (Å²) in [6, 6.07) is 0. The Morgan fingerprint density at radius 3 is 1.94 bits per heavy atom. The highest BCUT2D eigenvalue weighted by Crippen LogP contribution is 2.20. The van der Waals surface area contributed by atoms with E-state index < -0.39 is 15.6 Å². The standard InChI is InChI=1S/C5H11ClN2.CHF3O3S/c1-7-3-4-8(2)5(7)6;2-1(3,4)8(5,6)7/h5H,3-4H2,1-2H3;(H,5,6,7). The smallest absolute Gasteiger partial charge is 0.485 e. The van der Waals surface area contributed by atoms with Crippen molar-refractivity contribution in [3.05, 3.63) is 0 Å². The van der Waals surface area contributed by atoms with Crippen LogP contribution < -0.4 is 4.90 Å². The van der Waals surface area contributed by atoms with Crippen LogP contribution in [-0.2, 0) is 10.1 Å². The van der Waals surface area contributed by atoms with Gasteiger partial charge in [0, 0.05) is 0 Å². The van der Waals surface area contributed by atoms with Crippen LogP contribution in [0.1, 0.15) is 0 Å². The normalized spacial score (nSPS) is 27.4. The second-order valence-electron chi connectivity index (χ2n) is 3.31. The molecule has 0 aromatic heterocycles.